The van der Waals surface area contributed by atoms with E-state index in [2.05, 4.69) is 69.0 Å². The van der Waals surface area contributed by atoms with Crippen molar-refractivity contribution in [3.63, 3.8) is 0 Å². The number of benzene rings is 1. The minimum absolute atomic E-state index is 0.516. The molecule has 0 saturated heterocycles. The molecule has 1 aromatic heterocycles. The number of hydrogen-bond donors (Lipinski definition) is 2. The fraction of sp³-hybridized carbons (Fsp3) is 0.417. The summed E-state index contributed by atoms with van der Waals surface area (Å²) in [6, 6.07) is 8.50. The van der Waals surface area contributed by atoms with E-state index in [4.69, 9.17) is 0 Å². The van der Waals surface area contributed by atoms with E-state index in [1.165, 1.54) is 11.3 Å². The Balaban J connectivity index is 1.95. The van der Waals surface area contributed by atoms with Gasteiger partial charge >= 0.3 is 0 Å². The second-order valence-corrected chi connectivity index (χ2v) is 3.93. The molecule has 6 heteroatoms. The second kappa shape index (κ2) is 6.00. The third-order valence-electron chi connectivity index (χ3n) is 2.86. The van der Waals surface area contributed by atoms with Gasteiger partial charge in [-0.3, -0.25) is 0 Å². The van der Waals surface area contributed by atoms with Gasteiger partial charge in [0, 0.05) is 25.3 Å². The molecule has 0 fully saturated rings. The fourth-order valence-electron chi connectivity index (χ4n) is 1.83. The lowest BCUT2D eigenvalue weighted by molar-refractivity contribution is 0.865. The second-order valence-electron chi connectivity index (χ2n) is 3.93. The predicted octanol–water partition coefficient (Wildman–Crippen LogP) is 1.66. The zero-order valence-corrected chi connectivity index (χ0v) is 10.7. The molecule has 2 rings (SSSR count). The highest BCUT2D eigenvalue weighted by molar-refractivity contribution is 5.47. The number of nitrogens with zero attached hydrogens (tertiary/aromatic N) is 4. The Bertz CT molecular complexity index is 446. The van der Waals surface area contributed by atoms with Crippen LogP contribution in [0, 0.1) is 0 Å². The molecule has 0 atom stereocenters. The molecule has 0 saturated carbocycles. The highest BCUT2D eigenvalue weighted by atomic mass is 15.5. The molecule has 0 radical (unpaired) electrons. The van der Waals surface area contributed by atoms with E-state index in [9.17, 15) is 0 Å². The van der Waals surface area contributed by atoms with E-state index >= 15 is 0 Å². The number of H-pyrrole nitrogens is 1. The van der Waals surface area contributed by atoms with E-state index in [0.29, 0.717) is 12.5 Å². The normalized spacial score (nSPS) is 10.3. The van der Waals surface area contributed by atoms with Gasteiger partial charge in [-0.25, -0.2) is 0 Å². The van der Waals surface area contributed by atoms with Crippen LogP contribution >= 0.6 is 0 Å². The van der Waals surface area contributed by atoms with Crippen LogP contribution in [0.25, 0.3) is 0 Å². The Morgan fingerprint density at radius 3 is 2.44 bits per heavy atom. The summed E-state index contributed by atoms with van der Waals surface area (Å²) in [5.41, 5.74) is 2.44. The van der Waals surface area contributed by atoms with Crippen LogP contribution in [0.1, 0.15) is 19.4 Å². The van der Waals surface area contributed by atoms with Gasteiger partial charge in [-0.1, -0.05) is 17.2 Å². The van der Waals surface area contributed by atoms with Gasteiger partial charge in [-0.2, -0.15) is 5.21 Å². The molecule has 0 bridgehead atoms. The summed E-state index contributed by atoms with van der Waals surface area (Å²) in [5.74, 6) is 0.516. The molecule has 0 spiro atoms. The maximum atomic E-state index is 3.84. The number of nitrogens with one attached hydrogen (secondary N) is 2. The average Bonchev–Trinajstić information content (AvgIpc) is 2.92. The molecular weight excluding hydrogens is 228 g/mol. The number of aromatic amines is 1. The molecule has 2 aromatic rings. The van der Waals surface area contributed by atoms with Crippen LogP contribution in [0.5, 0.6) is 0 Å². The van der Waals surface area contributed by atoms with Crippen molar-refractivity contribution in [1.29, 1.82) is 0 Å². The van der Waals surface area contributed by atoms with Crippen molar-refractivity contribution >= 4 is 11.6 Å². The summed E-state index contributed by atoms with van der Waals surface area (Å²) in [7, 11) is 0. The smallest absolute Gasteiger partial charge is 0.263 e. The van der Waals surface area contributed by atoms with Gasteiger partial charge in [-0.15, -0.1) is 5.10 Å². The highest BCUT2D eigenvalue weighted by Gasteiger charge is 2.02. The molecule has 6 nitrogen and oxygen atoms in total. The van der Waals surface area contributed by atoms with Gasteiger partial charge in [0.1, 0.15) is 0 Å². The third kappa shape index (κ3) is 2.97. The van der Waals surface area contributed by atoms with E-state index < -0.39 is 0 Å². The summed E-state index contributed by atoms with van der Waals surface area (Å²) in [5, 5.41) is 16.7. The lowest BCUT2D eigenvalue weighted by atomic mass is 10.2. The molecule has 1 heterocycles. The minimum Gasteiger partial charge on any atom is -0.372 e. The summed E-state index contributed by atoms with van der Waals surface area (Å²) >= 11 is 0. The molecular formula is C12H18N6. The predicted molar refractivity (Wildman–Crippen MR) is 71.5 cm³/mol. The lowest BCUT2D eigenvalue weighted by Gasteiger charge is -2.21. The molecule has 0 aliphatic carbocycles. The number of rotatable bonds is 6. The first-order valence-corrected chi connectivity index (χ1v) is 6.14. The average molecular weight is 246 g/mol. The molecule has 0 aliphatic heterocycles. The van der Waals surface area contributed by atoms with Crippen LogP contribution in [0.2, 0.25) is 0 Å². The van der Waals surface area contributed by atoms with E-state index in [1.807, 2.05) is 0 Å². The van der Waals surface area contributed by atoms with Crippen molar-refractivity contribution in [3.8, 4) is 0 Å². The number of anilines is 2. The first-order valence-electron chi connectivity index (χ1n) is 6.14. The quantitative estimate of drug-likeness (QED) is 0.811. The van der Waals surface area contributed by atoms with Crippen LogP contribution < -0.4 is 10.2 Å². The maximum Gasteiger partial charge on any atom is 0.263 e. The van der Waals surface area contributed by atoms with E-state index in [-0.39, 0.29) is 0 Å². The molecule has 0 amide bonds. The van der Waals surface area contributed by atoms with Crippen molar-refractivity contribution in [3.05, 3.63) is 29.8 Å². The fourth-order valence-corrected chi connectivity index (χ4v) is 1.83. The third-order valence-corrected chi connectivity index (χ3v) is 2.86. The van der Waals surface area contributed by atoms with Gasteiger partial charge in [0.25, 0.3) is 5.95 Å². The van der Waals surface area contributed by atoms with Gasteiger partial charge in [0.15, 0.2) is 0 Å². The van der Waals surface area contributed by atoms with Crippen molar-refractivity contribution < 1.29 is 0 Å². The van der Waals surface area contributed by atoms with Crippen LogP contribution in [-0.2, 0) is 6.54 Å². The highest BCUT2D eigenvalue weighted by Crippen LogP contribution is 2.15. The van der Waals surface area contributed by atoms with Gasteiger partial charge < -0.3 is 10.2 Å². The summed E-state index contributed by atoms with van der Waals surface area (Å²) in [4.78, 5) is 2.32. The van der Waals surface area contributed by atoms with E-state index in [0.717, 1.165) is 13.1 Å². The molecule has 2 N–H and O–H groups in total. The summed E-state index contributed by atoms with van der Waals surface area (Å²) in [6.07, 6.45) is 0. The Hall–Kier alpha value is -2.11. The molecule has 0 unspecified atom stereocenters. The molecule has 96 valence electrons. The molecule has 0 aliphatic rings. The first-order chi connectivity index (χ1) is 8.83. The van der Waals surface area contributed by atoms with Gasteiger partial charge in [0.05, 0.1) is 0 Å². The van der Waals surface area contributed by atoms with Crippen LogP contribution in [-0.4, -0.2) is 33.7 Å². The summed E-state index contributed by atoms with van der Waals surface area (Å²) < 4.78 is 0. The first kappa shape index (κ1) is 12.3. The van der Waals surface area contributed by atoms with E-state index in [1.54, 1.807) is 0 Å². The zero-order valence-electron chi connectivity index (χ0n) is 10.7. The Kier molecular flexibility index (Phi) is 4.11. The van der Waals surface area contributed by atoms with Crippen LogP contribution in [0.3, 0.4) is 0 Å². The number of hydrogen-bond acceptors (Lipinski definition) is 5. The lowest BCUT2D eigenvalue weighted by Crippen LogP contribution is -2.21. The summed E-state index contributed by atoms with van der Waals surface area (Å²) in [6.45, 7) is 7.07. The van der Waals surface area contributed by atoms with Crippen molar-refractivity contribution in [2.24, 2.45) is 0 Å². The number of tetrazole rings is 1. The minimum atomic E-state index is 0.516. The maximum absolute atomic E-state index is 3.84. The Morgan fingerprint density at radius 2 is 1.89 bits per heavy atom. The van der Waals surface area contributed by atoms with Crippen molar-refractivity contribution in [1.82, 2.24) is 20.6 Å². The van der Waals surface area contributed by atoms with Crippen LogP contribution in [0.15, 0.2) is 24.3 Å². The zero-order chi connectivity index (χ0) is 12.8. The van der Waals surface area contributed by atoms with Gasteiger partial charge in [-0.05, 0) is 36.8 Å². The van der Waals surface area contributed by atoms with Crippen molar-refractivity contribution in [2.45, 2.75) is 20.4 Å². The topological polar surface area (TPSA) is 69.7 Å². The monoisotopic (exact) mass is 246 g/mol. The standard InChI is InChI=1S/C12H18N6/c1-3-18(4-2)11-7-5-10(6-8-11)9-13-12-14-16-17-15-12/h5-8H,3-4,9H2,1-2H3,(H2,13,14,15,16,17). The largest absolute Gasteiger partial charge is 0.372 e. The van der Waals surface area contributed by atoms with Crippen molar-refractivity contribution in [2.75, 3.05) is 23.3 Å². The Morgan fingerprint density at radius 1 is 1.17 bits per heavy atom. The van der Waals surface area contributed by atoms with Gasteiger partial charge in [0.2, 0.25) is 0 Å². The Labute approximate surface area is 106 Å². The molecule has 18 heavy (non-hydrogen) atoms. The SMILES string of the molecule is CCN(CC)c1ccc(CNc2nn[nH]n2)cc1. The van der Waals surface area contributed by atoms with Crippen LogP contribution in [0.4, 0.5) is 11.6 Å². The number of aromatic nitrogens is 4. The molecule has 1 aromatic carbocycles.